The van der Waals surface area contributed by atoms with E-state index in [0.29, 0.717) is 24.7 Å². The van der Waals surface area contributed by atoms with Crippen LogP contribution in [-0.2, 0) is 9.59 Å². The molecule has 116 valence electrons. The third-order valence-electron chi connectivity index (χ3n) is 3.46. The summed E-state index contributed by atoms with van der Waals surface area (Å²) in [6, 6.07) is 1.67. The van der Waals surface area contributed by atoms with E-state index >= 15 is 0 Å². The van der Waals surface area contributed by atoms with Gasteiger partial charge in [-0.05, 0) is 26.3 Å². The Kier molecular flexibility index (Phi) is 5.32. The van der Waals surface area contributed by atoms with Crippen LogP contribution in [0.2, 0.25) is 0 Å². The molecule has 0 spiro atoms. The van der Waals surface area contributed by atoms with Crippen LogP contribution in [0.25, 0.3) is 0 Å². The van der Waals surface area contributed by atoms with Gasteiger partial charge in [-0.25, -0.2) is 0 Å². The fourth-order valence-electron chi connectivity index (χ4n) is 2.39. The first-order valence-corrected chi connectivity index (χ1v) is 7.31. The number of amides is 2. The summed E-state index contributed by atoms with van der Waals surface area (Å²) in [4.78, 5) is 25.7. The number of hydrogen-bond donors (Lipinski definition) is 2. The Balaban J connectivity index is 1.74. The molecule has 2 N–H and O–H groups in total. The number of carbonyl (C=O) groups excluding carboxylic acids is 2. The number of hydrogen-bond acceptors (Lipinski definition) is 5. The van der Waals surface area contributed by atoms with Crippen molar-refractivity contribution in [3.63, 3.8) is 0 Å². The highest BCUT2D eigenvalue weighted by molar-refractivity contribution is 5.91. The summed E-state index contributed by atoms with van der Waals surface area (Å²) < 4.78 is 4.89. The summed E-state index contributed by atoms with van der Waals surface area (Å²) in [7, 11) is 0. The molecule has 1 unspecified atom stereocenters. The minimum atomic E-state index is -0.141. The average Bonchev–Trinajstić information content (AvgIpc) is 3.05. The summed E-state index contributed by atoms with van der Waals surface area (Å²) in [5.41, 5.74) is 0. The van der Waals surface area contributed by atoms with Gasteiger partial charge in [0.15, 0.2) is 5.82 Å². The summed E-state index contributed by atoms with van der Waals surface area (Å²) in [6.07, 6.45) is 1.73. The van der Waals surface area contributed by atoms with Gasteiger partial charge in [0.1, 0.15) is 5.76 Å². The fraction of sp³-hybridized carbons (Fsp3) is 0.643. The topological polar surface area (TPSA) is 87.5 Å². The molecule has 0 aromatic carbocycles. The molecule has 2 rings (SSSR count). The van der Waals surface area contributed by atoms with Crippen molar-refractivity contribution in [3.8, 4) is 0 Å². The molecule has 1 aliphatic heterocycles. The lowest BCUT2D eigenvalue weighted by atomic mass is 10.1. The van der Waals surface area contributed by atoms with E-state index in [1.165, 1.54) is 0 Å². The van der Waals surface area contributed by atoms with E-state index in [1.54, 1.807) is 13.0 Å². The smallest absolute Gasteiger partial charge is 0.239 e. The summed E-state index contributed by atoms with van der Waals surface area (Å²) in [5.74, 6) is 1.01. The molecule has 1 atom stereocenters. The molecule has 0 saturated carbocycles. The SMILES string of the molecule is CCCNC(=O)C1CCN(CC(=O)Nc2cc(C)on2)C1. The minimum absolute atomic E-state index is 0.0151. The highest BCUT2D eigenvalue weighted by Gasteiger charge is 2.29. The Morgan fingerprint density at radius 1 is 1.52 bits per heavy atom. The normalized spacial score (nSPS) is 18.7. The van der Waals surface area contributed by atoms with Crippen LogP contribution in [0.5, 0.6) is 0 Å². The molecule has 21 heavy (non-hydrogen) atoms. The first kappa shape index (κ1) is 15.5. The van der Waals surface area contributed by atoms with Gasteiger partial charge in [-0.2, -0.15) is 0 Å². The first-order chi connectivity index (χ1) is 10.1. The molecule has 1 fully saturated rings. The summed E-state index contributed by atoms with van der Waals surface area (Å²) in [5, 5.41) is 9.30. The van der Waals surface area contributed by atoms with Crippen molar-refractivity contribution in [2.75, 3.05) is 31.5 Å². The lowest BCUT2D eigenvalue weighted by molar-refractivity contribution is -0.125. The third-order valence-corrected chi connectivity index (χ3v) is 3.46. The Bertz CT molecular complexity index is 500. The van der Waals surface area contributed by atoms with Crippen molar-refractivity contribution in [2.45, 2.75) is 26.7 Å². The van der Waals surface area contributed by atoms with Crippen molar-refractivity contribution in [1.82, 2.24) is 15.4 Å². The molecule has 1 saturated heterocycles. The lowest BCUT2D eigenvalue weighted by Crippen LogP contribution is -2.35. The van der Waals surface area contributed by atoms with Crippen LogP contribution in [0.1, 0.15) is 25.5 Å². The first-order valence-electron chi connectivity index (χ1n) is 7.31. The second-order valence-corrected chi connectivity index (χ2v) is 5.38. The maximum atomic E-state index is 11.9. The Labute approximate surface area is 124 Å². The average molecular weight is 294 g/mol. The van der Waals surface area contributed by atoms with E-state index < -0.39 is 0 Å². The van der Waals surface area contributed by atoms with Crippen LogP contribution in [0.3, 0.4) is 0 Å². The van der Waals surface area contributed by atoms with E-state index in [4.69, 9.17) is 4.52 Å². The second kappa shape index (κ2) is 7.21. The maximum Gasteiger partial charge on any atom is 0.239 e. The Morgan fingerprint density at radius 3 is 3.00 bits per heavy atom. The van der Waals surface area contributed by atoms with Crippen LogP contribution in [0.15, 0.2) is 10.6 Å². The quantitative estimate of drug-likeness (QED) is 0.809. The van der Waals surface area contributed by atoms with Gasteiger partial charge in [0.2, 0.25) is 11.8 Å². The van der Waals surface area contributed by atoms with E-state index in [2.05, 4.69) is 15.8 Å². The minimum Gasteiger partial charge on any atom is -0.360 e. The fourth-order valence-corrected chi connectivity index (χ4v) is 2.39. The molecule has 2 heterocycles. The standard InChI is InChI=1S/C14H22N4O3/c1-3-5-15-14(20)11-4-6-18(8-11)9-13(19)16-12-7-10(2)21-17-12/h7,11H,3-6,8-9H2,1-2H3,(H,15,20)(H,16,17,19). The molecule has 2 amide bonds. The molecule has 7 nitrogen and oxygen atoms in total. The number of rotatable bonds is 6. The van der Waals surface area contributed by atoms with E-state index in [1.807, 2.05) is 11.8 Å². The molecule has 0 aliphatic carbocycles. The number of nitrogens with zero attached hydrogens (tertiary/aromatic N) is 2. The molecule has 7 heteroatoms. The van der Waals surface area contributed by atoms with Crippen molar-refractivity contribution < 1.29 is 14.1 Å². The predicted octanol–water partition coefficient (Wildman–Crippen LogP) is 0.770. The van der Waals surface area contributed by atoms with Gasteiger partial charge >= 0.3 is 0 Å². The predicted molar refractivity (Wildman–Crippen MR) is 77.7 cm³/mol. The monoisotopic (exact) mass is 294 g/mol. The van der Waals surface area contributed by atoms with Crippen LogP contribution >= 0.6 is 0 Å². The van der Waals surface area contributed by atoms with Gasteiger partial charge in [-0.15, -0.1) is 0 Å². The number of anilines is 1. The maximum absolute atomic E-state index is 11.9. The number of carbonyl (C=O) groups is 2. The number of aromatic nitrogens is 1. The van der Waals surface area contributed by atoms with Gasteiger partial charge in [0.25, 0.3) is 0 Å². The van der Waals surface area contributed by atoms with Crippen molar-refractivity contribution in [2.24, 2.45) is 5.92 Å². The number of nitrogens with one attached hydrogen (secondary N) is 2. The van der Waals surface area contributed by atoms with Crippen LogP contribution in [-0.4, -0.2) is 48.0 Å². The zero-order chi connectivity index (χ0) is 15.2. The molecule has 0 bridgehead atoms. The second-order valence-electron chi connectivity index (χ2n) is 5.38. The molecular weight excluding hydrogens is 272 g/mol. The summed E-state index contributed by atoms with van der Waals surface area (Å²) >= 11 is 0. The van der Waals surface area contributed by atoms with Crippen molar-refractivity contribution in [1.29, 1.82) is 0 Å². The number of likely N-dealkylation sites (tertiary alicyclic amines) is 1. The van der Waals surface area contributed by atoms with Gasteiger partial charge in [-0.1, -0.05) is 12.1 Å². The van der Waals surface area contributed by atoms with Crippen LogP contribution in [0.4, 0.5) is 5.82 Å². The molecular formula is C14H22N4O3. The highest BCUT2D eigenvalue weighted by Crippen LogP contribution is 2.16. The third kappa shape index (κ3) is 4.56. The molecule has 1 aromatic rings. The lowest BCUT2D eigenvalue weighted by Gasteiger charge is -2.15. The largest absolute Gasteiger partial charge is 0.360 e. The van der Waals surface area contributed by atoms with Crippen LogP contribution < -0.4 is 10.6 Å². The van der Waals surface area contributed by atoms with Crippen molar-refractivity contribution in [3.05, 3.63) is 11.8 Å². The van der Waals surface area contributed by atoms with E-state index in [0.717, 1.165) is 19.4 Å². The van der Waals surface area contributed by atoms with E-state index in [9.17, 15) is 9.59 Å². The van der Waals surface area contributed by atoms with Gasteiger partial charge in [0.05, 0.1) is 12.5 Å². The molecule has 1 aromatic heterocycles. The summed E-state index contributed by atoms with van der Waals surface area (Å²) in [6.45, 7) is 6.15. The molecule has 1 aliphatic rings. The van der Waals surface area contributed by atoms with Gasteiger partial charge in [0, 0.05) is 19.2 Å². The van der Waals surface area contributed by atoms with E-state index in [-0.39, 0.29) is 24.3 Å². The molecule has 0 radical (unpaired) electrons. The zero-order valence-electron chi connectivity index (χ0n) is 12.5. The van der Waals surface area contributed by atoms with Crippen LogP contribution in [0, 0.1) is 12.8 Å². The van der Waals surface area contributed by atoms with Crippen molar-refractivity contribution >= 4 is 17.6 Å². The van der Waals surface area contributed by atoms with Gasteiger partial charge < -0.3 is 15.2 Å². The Morgan fingerprint density at radius 2 is 2.33 bits per heavy atom. The zero-order valence-corrected chi connectivity index (χ0v) is 12.5. The van der Waals surface area contributed by atoms with Gasteiger partial charge in [-0.3, -0.25) is 14.5 Å². The highest BCUT2D eigenvalue weighted by atomic mass is 16.5. The Hall–Kier alpha value is -1.89. The number of aryl methyl sites for hydroxylation is 1.